The Kier molecular flexibility index (Phi) is 10.2. The van der Waals surface area contributed by atoms with Crippen molar-refractivity contribution in [3.8, 4) is 0 Å². The molecule has 0 radical (unpaired) electrons. The molecule has 0 aliphatic heterocycles. The Bertz CT molecular complexity index is 1060. The molecule has 198 valence electrons. The van der Waals surface area contributed by atoms with Crippen molar-refractivity contribution in [2.24, 2.45) is 5.92 Å². The number of aromatic amines is 1. The van der Waals surface area contributed by atoms with Crippen LogP contribution >= 0.6 is 12.4 Å². The normalized spacial score (nSPS) is 20.6. The lowest BCUT2D eigenvalue weighted by Crippen LogP contribution is -2.49. The minimum Gasteiger partial charge on any atom is -0.376 e. The second-order valence-corrected chi connectivity index (χ2v) is 16.1. The van der Waals surface area contributed by atoms with Crippen LogP contribution < -0.4 is 5.32 Å². The van der Waals surface area contributed by atoms with Crippen molar-refractivity contribution in [1.82, 2.24) is 14.9 Å². The zero-order valence-electron chi connectivity index (χ0n) is 23.0. The molecule has 0 spiro atoms. The number of fused-ring (bicyclic) bond motifs is 1. The van der Waals surface area contributed by atoms with Crippen LogP contribution in [0.5, 0.6) is 0 Å². The number of nitrogens with zero attached hydrogens (tertiary/aromatic N) is 2. The largest absolute Gasteiger partial charge is 0.376 e. The zero-order valence-corrected chi connectivity index (χ0v) is 24.8. The van der Waals surface area contributed by atoms with Crippen molar-refractivity contribution in [2.75, 3.05) is 20.7 Å². The lowest BCUT2D eigenvalue weighted by molar-refractivity contribution is 0.0310. The standard InChI is InChI=1S/C30H45N3OSi.ClH/c1-6-35(7-2,8-3)29-27(26-15-12-20-31-28(26)32-29)23-34-22-25-16-18-30(19-17-25,33(4)5)21-24-13-10-9-11-14-24;/h9-15,20,25H,6-8,16-19,21-23H2,1-5H3,(H,31,32);1H. The van der Waals surface area contributed by atoms with Crippen LogP contribution in [0.2, 0.25) is 18.1 Å². The van der Waals surface area contributed by atoms with Gasteiger partial charge in [-0.2, -0.15) is 0 Å². The minimum atomic E-state index is -1.56. The Morgan fingerprint density at radius 1 is 1.00 bits per heavy atom. The van der Waals surface area contributed by atoms with Gasteiger partial charge in [0, 0.05) is 34.6 Å². The molecule has 1 saturated carbocycles. The molecule has 0 atom stereocenters. The number of pyridine rings is 1. The number of hydrogen-bond donors (Lipinski definition) is 1. The average Bonchev–Trinajstić information content (AvgIpc) is 3.26. The Hall–Kier alpha value is -1.66. The predicted octanol–water partition coefficient (Wildman–Crippen LogP) is 6.95. The molecule has 6 heteroatoms. The third-order valence-corrected chi connectivity index (χ3v) is 14.7. The van der Waals surface area contributed by atoms with E-state index in [9.17, 15) is 0 Å². The number of likely N-dealkylation sites (N-methyl/N-ethyl adjacent to an activating group) is 1. The van der Waals surface area contributed by atoms with Crippen molar-refractivity contribution < 1.29 is 4.74 Å². The highest BCUT2D eigenvalue weighted by atomic mass is 35.5. The van der Waals surface area contributed by atoms with E-state index in [4.69, 9.17) is 4.74 Å². The molecule has 3 aromatic rings. The molecule has 0 amide bonds. The second-order valence-electron chi connectivity index (χ2n) is 11.0. The van der Waals surface area contributed by atoms with Crippen molar-refractivity contribution in [1.29, 1.82) is 0 Å². The number of nitrogens with one attached hydrogen (secondary N) is 1. The summed E-state index contributed by atoms with van der Waals surface area (Å²) in [6, 6.07) is 19.1. The summed E-state index contributed by atoms with van der Waals surface area (Å²) in [6.07, 6.45) is 7.99. The lowest BCUT2D eigenvalue weighted by atomic mass is 9.73. The Morgan fingerprint density at radius 3 is 2.28 bits per heavy atom. The molecule has 2 heterocycles. The molecule has 1 aromatic carbocycles. The van der Waals surface area contributed by atoms with E-state index < -0.39 is 8.07 Å². The van der Waals surface area contributed by atoms with Gasteiger partial charge < -0.3 is 14.6 Å². The summed E-state index contributed by atoms with van der Waals surface area (Å²) in [5.74, 6) is 0.649. The maximum Gasteiger partial charge on any atom is 0.137 e. The van der Waals surface area contributed by atoms with Gasteiger partial charge in [-0.3, -0.25) is 0 Å². The average molecular weight is 528 g/mol. The fourth-order valence-corrected chi connectivity index (χ4v) is 10.2. The fourth-order valence-electron chi connectivity index (χ4n) is 6.43. The smallest absolute Gasteiger partial charge is 0.137 e. The molecule has 4 rings (SSSR count). The van der Waals surface area contributed by atoms with Crippen LogP contribution in [-0.4, -0.2) is 49.2 Å². The topological polar surface area (TPSA) is 41.1 Å². The molecule has 1 aliphatic carbocycles. The number of H-pyrrole nitrogens is 1. The van der Waals surface area contributed by atoms with E-state index in [0.29, 0.717) is 12.5 Å². The van der Waals surface area contributed by atoms with Crippen LogP contribution in [0, 0.1) is 5.92 Å². The first-order valence-electron chi connectivity index (χ1n) is 13.7. The molecule has 36 heavy (non-hydrogen) atoms. The van der Waals surface area contributed by atoms with Crippen LogP contribution in [0.4, 0.5) is 0 Å². The van der Waals surface area contributed by atoms with E-state index in [2.05, 4.69) is 92.2 Å². The molecule has 2 aromatic heterocycles. The van der Waals surface area contributed by atoms with Crippen LogP contribution in [-0.2, 0) is 17.8 Å². The van der Waals surface area contributed by atoms with E-state index in [0.717, 1.165) is 18.7 Å². The highest BCUT2D eigenvalue weighted by molar-refractivity contribution is 6.91. The summed E-state index contributed by atoms with van der Waals surface area (Å²) >= 11 is 0. The first-order chi connectivity index (χ1) is 17.0. The Balaban J connectivity index is 0.00000361. The molecule has 0 bridgehead atoms. The van der Waals surface area contributed by atoms with Gasteiger partial charge in [-0.15, -0.1) is 12.4 Å². The van der Waals surface area contributed by atoms with Gasteiger partial charge >= 0.3 is 0 Å². The monoisotopic (exact) mass is 527 g/mol. The fraction of sp³-hybridized carbons (Fsp3) is 0.567. The maximum atomic E-state index is 6.50. The SMILES string of the molecule is CC[Si](CC)(CC)c1[nH]c2ncccc2c1COCC1CCC(Cc2ccccc2)(N(C)C)CC1.Cl. The van der Waals surface area contributed by atoms with Gasteiger partial charge in [0.15, 0.2) is 0 Å². The highest BCUT2D eigenvalue weighted by Gasteiger charge is 2.38. The van der Waals surface area contributed by atoms with E-state index >= 15 is 0 Å². The van der Waals surface area contributed by atoms with Gasteiger partial charge in [0.25, 0.3) is 0 Å². The molecule has 0 saturated heterocycles. The summed E-state index contributed by atoms with van der Waals surface area (Å²) < 4.78 is 6.50. The second kappa shape index (κ2) is 12.7. The van der Waals surface area contributed by atoms with Gasteiger partial charge in [0.2, 0.25) is 0 Å². The highest BCUT2D eigenvalue weighted by Crippen LogP contribution is 2.38. The quantitative estimate of drug-likeness (QED) is 0.274. The first kappa shape index (κ1) is 28.9. The summed E-state index contributed by atoms with van der Waals surface area (Å²) in [4.78, 5) is 10.9. The third kappa shape index (κ3) is 5.90. The van der Waals surface area contributed by atoms with Gasteiger partial charge in [-0.25, -0.2) is 4.98 Å². The maximum absolute atomic E-state index is 6.50. The first-order valence-corrected chi connectivity index (χ1v) is 16.3. The van der Waals surface area contributed by atoms with E-state index in [-0.39, 0.29) is 17.9 Å². The third-order valence-electron chi connectivity index (χ3n) is 9.20. The van der Waals surface area contributed by atoms with Crippen molar-refractivity contribution in [3.63, 3.8) is 0 Å². The lowest BCUT2D eigenvalue weighted by Gasteiger charge is -2.45. The van der Waals surface area contributed by atoms with Crippen molar-refractivity contribution in [3.05, 3.63) is 59.8 Å². The van der Waals surface area contributed by atoms with Gasteiger partial charge in [-0.05, 0) is 69.8 Å². The number of rotatable bonds is 11. The number of ether oxygens (including phenoxy) is 1. The molecule has 0 unspecified atom stereocenters. The number of hydrogen-bond acceptors (Lipinski definition) is 3. The summed E-state index contributed by atoms with van der Waals surface area (Å²) in [5, 5.41) is 2.74. The zero-order chi connectivity index (χ0) is 24.9. The molecule has 1 N–H and O–H groups in total. The summed E-state index contributed by atoms with van der Waals surface area (Å²) in [7, 11) is 2.96. The number of benzene rings is 1. The van der Waals surface area contributed by atoms with Gasteiger partial charge in [-0.1, -0.05) is 69.2 Å². The van der Waals surface area contributed by atoms with E-state index in [1.807, 2.05) is 6.20 Å². The van der Waals surface area contributed by atoms with Crippen LogP contribution in [0.25, 0.3) is 11.0 Å². The van der Waals surface area contributed by atoms with Gasteiger partial charge in [0.1, 0.15) is 13.7 Å². The van der Waals surface area contributed by atoms with Crippen molar-refractivity contribution >= 4 is 36.8 Å². The van der Waals surface area contributed by atoms with Crippen LogP contribution in [0.1, 0.15) is 57.6 Å². The number of halogens is 1. The molecular weight excluding hydrogens is 482 g/mol. The summed E-state index contributed by atoms with van der Waals surface area (Å²) in [5.41, 5.74) is 4.13. The molecule has 1 fully saturated rings. The molecule has 4 nitrogen and oxygen atoms in total. The summed E-state index contributed by atoms with van der Waals surface area (Å²) in [6.45, 7) is 8.68. The van der Waals surface area contributed by atoms with Crippen LogP contribution in [0.15, 0.2) is 48.7 Å². The Labute approximate surface area is 225 Å². The number of aromatic nitrogens is 2. The molecule has 1 aliphatic rings. The Morgan fingerprint density at radius 2 is 1.67 bits per heavy atom. The van der Waals surface area contributed by atoms with E-state index in [1.54, 1.807) is 0 Å². The van der Waals surface area contributed by atoms with Gasteiger partial charge in [0.05, 0.1) is 6.61 Å². The molecular formula is C30H46ClN3OSi. The minimum absolute atomic E-state index is 0. The predicted molar refractivity (Wildman–Crippen MR) is 158 cm³/mol. The van der Waals surface area contributed by atoms with E-state index in [1.165, 1.54) is 65.6 Å². The van der Waals surface area contributed by atoms with Crippen molar-refractivity contribution in [2.45, 2.75) is 83.2 Å². The van der Waals surface area contributed by atoms with Crippen LogP contribution in [0.3, 0.4) is 0 Å².